The highest BCUT2D eigenvalue weighted by Gasteiger charge is 2.16. The fourth-order valence-corrected chi connectivity index (χ4v) is 2.40. The molecule has 1 saturated heterocycles. The van der Waals surface area contributed by atoms with E-state index in [1.54, 1.807) is 24.0 Å². The van der Waals surface area contributed by atoms with Crippen molar-refractivity contribution in [2.75, 3.05) is 11.9 Å². The zero-order valence-corrected chi connectivity index (χ0v) is 11.9. The molecule has 0 spiro atoms. The number of rotatable bonds is 4. The number of anilines is 1. The van der Waals surface area contributed by atoms with Gasteiger partial charge in [-0.15, -0.1) is 0 Å². The minimum atomic E-state index is -0.248. The van der Waals surface area contributed by atoms with Crippen molar-refractivity contribution in [2.45, 2.75) is 38.8 Å². The number of ether oxygens (including phenoxy) is 1. The van der Waals surface area contributed by atoms with E-state index in [-0.39, 0.29) is 12.0 Å². The predicted molar refractivity (Wildman–Crippen MR) is 75.0 cm³/mol. The molecule has 1 amide bonds. The van der Waals surface area contributed by atoms with E-state index in [2.05, 4.69) is 15.6 Å². The number of carbonyl (C=O) groups is 1. The Labute approximate surface area is 122 Å². The molecule has 3 rings (SSSR count). The Morgan fingerprint density at radius 1 is 1.48 bits per heavy atom. The Balaban J connectivity index is 1.60. The van der Waals surface area contributed by atoms with Gasteiger partial charge < -0.3 is 14.6 Å². The average Bonchev–Trinajstić information content (AvgIpc) is 3.09. The summed E-state index contributed by atoms with van der Waals surface area (Å²) in [5.41, 5.74) is 1.08. The Morgan fingerprint density at radius 2 is 2.38 bits per heavy atom. The van der Waals surface area contributed by atoms with Gasteiger partial charge in [0.2, 0.25) is 0 Å². The third kappa shape index (κ3) is 3.30. The number of nitrogens with zero attached hydrogens (tertiary/aromatic N) is 3. The number of hydrogen-bond acceptors (Lipinski definition) is 5. The highest BCUT2D eigenvalue weighted by molar-refractivity contribution is 6.04. The first kappa shape index (κ1) is 13.8. The molecule has 3 heterocycles. The molecule has 1 unspecified atom stereocenters. The third-order valence-electron chi connectivity index (χ3n) is 3.55. The fraction of sp³-hybridized carbons (Fsp3) is 0.500. The lowest BCUT2D eigenvalue weighted by Gasteiger charge is -2.22. The van der Waals surface area contributed by atoms with Crippen LogP contribution in [-0.2, 0) is 11.3 Å². The summed E-state index contributed by atoms with van der Waals surface area (Å²) in [4.78, 5) is 12.0. The molecule has 1 atom stereocenters. The van der Waals surface area contributed by atoms with Gasteiger partial charge >= 0.3 is 0 Å². The number of nitrogens with one attached hydrogen (secondary N) is 1. The largest absolute Gasteiger partial charge is 0.376 e. The van der Waals surface area contributed by atoms with E-state index in [9.17, 15) is 4.79 Å². The molecule has 112 valence electrons. The molecule has 7 heteroatoms. The summed E-state index contributed by atoms with van der Waals surface area (Å²) in [5, 5.41) is 10.6. The van der Waals surface area contributed by atoms with Crippen LogP contribution >= 0.6 is 0 Å². The lowest BCUT2D eigenvalue weighted by atomic mass is 10.1. The van der Waals surface area contributed by atoms with Gasteiger partial charge in [0, 0.05) is 12.8 Å². The summed E-state index contributed by atoms with van der Waals surface area (Å²) in [5.74, 6) is 0.248. The molecule has 2 aromatic heterocycles. The Morgan fingerprint density at radius 3 is 3.10 bits per heavy atom. The van der Waals surface area contributed by atoms with E-state index < -0.39 is 0 Å². The predicted octanol–water partition coefficient (Wildman–Crippen LogP) is 2.00. The van der Waals surface area contributed by atoms with Crippen LogP contribution in [0.25, 0.3) is 0 Å². The molecule has 0 saturated carbocycles. The van der Waals surface area contributed by atoms with Crippen LogP contribution in [0.3, 0.4) is 0 Å². The standard InChI is InChI=1S/C14H18N4O3/c1-10-13(7-16-21-10)14(19)17-11-6-15-18(8-11)9-12-4-2-3-5-20-12/h6-8,12H,2-5,9H2,1H3,(H,17,19). The van der Waals surface area contributed by atoms with Gasteiger partial charge in [0.15, 0.2) is 0 Å². The summed E-state index contributed by atoms with van der Waals surface area (Å²) in [6.45, 7) is 3.23. The zero-order valence-electron chi connectivity index (χ0n) is 11.9. The van der Waals surface area contributed by atoms with Crippen molar-refractivity contribution in [3.63, 3.8) is 0 Å². The normalized spacial score (nSPS) is 18.6. The maximum Gasteiger partial charge on any atom is 0.260 e. The van der Waals surface area contributed by atoms with Crippen molar-refractivity contribution in [3.05, 3.63) is 29.9 Å². The number of carbonyl (C=O) groups excluding carboxylic acids is 1. The zero-order chi connectivity index (χ0) is 14.7. The molecule has 0 aliphatic carbocycles. The lowest BCUT2D eigenvalue weighted by molar-refractivity contribution is 0.00401. The van der Waals surface area contributed by atoms with Gasteiger partial charge in [-0.3, -0.25) is 9.48 Å². The van der Waals surface area contributed by atoms with Crippen molar-refractivity contribution in [1.82, 2.24) is 14.9 Å². The maximum absolute atomic E-state index is 12.0. The summed E-state index contributed by atoms with van der Waals surface area (Å²) >= 11 is 0. The molecule has 21 heavy (non-hydrogen) atoms. The van der Waals surface area contributed by atoms with Crippen molar-refractivity contribution < 1.29 is 14.1 Å². The van der Waals surface area contributed by atoms with Gasteiger partial charge in [-0.2, -0.15) is 5.10 Å². The van der Waals surface area contributed by atoms with E-state index in [0.29, 0.717) is 23.6 Å². The fourth-order valence-electron chi connectivity index (χ4n) is 2.40. The van der Waals surface area contributed by atoms with E-state index >= 15 is 0 Å². The molecule has 0 radical (unpaired) electrons. The van der Waals surface area contributed by atoms with Crippen molar-refractivity contribution in [2.24, 2.45) is 0 Å². The first-order valence-electron chi connectivity index (χ1n) is 7.09. The Bertz CT molecular complexity index is 613. The van der Waals surface area contributed by atoms with Gasteiger partial charge in [0.05, 0.1) is 30.7 Å². The number of aromatic nitrogens is 3. The van der Waals surface area contributed by atoms with Crippen LogP contribution in [0.15, 0.2) is 23.1 Å². The molecule has 1 aliphatic heterocycles. The van der Waals surface area contributed by atoms with Crippen LogP contribution in [-0.4, -0.2) is 33.6 Å². The topological polar surface area (TPSA) is 82.2 Å². The van der Waals surface area contributed by atoms with Crippen LogP contribution < -0.4 is 5.32 Å². The minimum absolute atomic E-state index is 0.211. The van der Waals surface area contributed by atoms with Gasteiger partial charge in [-0.1, -0.05) is 5.16 Å². The van der Waals surface area contributed by atoms with Gasteiger partial charge in [-0.05, 0) is 26.2 Å². The number of aryl methyl sites for hydroxylation is 1. The van der Waals surface area contributed by atoms with Crippen LogP contribution in [0, 0.1) is 6.92 Å². The second-order valence-corrected chi connectivity index (χ2v) is 5.19. The quantitative estimate of drug-likeness (QED) is 0.931. The molecule has 2 aromatic rings. The summed E-state index contributed by atoms with van der Waals surface area (Å²) in [6.07, 6.45) is 8.44. The van der Waals surface area contributed by atoms with E-state index in [0.717, 1.165) is 19.4 Å². The molecular formula is C14H18N4O3. The van der Waals surface area contributed by atoms with Crippen LogP contribution in [0.2, 0.25) is 0 Å². The second kappa shape index (κ2) is 6.09. The molecule has 1 N–H and O–H groups in total. The summed E-state index contributed by atoms with van der Waals surface area (Å²) < 4.78 is 12.4. The van der Waals surface area contributed by atoms with Gasteiger partial charge in [0.1, 0.15) is 11.3 Å². The van der Waals surface area contributed by atoms with Gasteiger partial charge in [-0.25, -0.2) is 0 Å². The Kier molecular flexibility index (Phi) is 4.01. The van der Waals surface area contributed by atoms with Crippen LogP contribution in [0.4, 0.5) is 5.69 Å². The summed E-state index contributed by atoms with van der Waals surface area (Å²) in [6, 6.07) is 0. The van der Waals surface area contributed by atoms with E-state index in [1.807, 2.05) is 0 Å². The molecule has 7 nitrogen and oxygen atoms in total. The highest BCUT2D eigenvalue weighted by atomic mass is 16.5. The van der Waals surface area contributed by atoms with E-state index in [1.165, 1.54) is 12.6 Å². The molecule has 0 aromatic carbocycles. The smallest absolute Gasteiger partial charge is 0.260 e. The Hall–Kier alpha value is -2.15. The molecule has 1 fully saturated rings. The highest BCUT2D eigenvalue weighted by Crippen LogP contribution is 2.16. The number of hydrogen-bond donors (Lipinski definition) is 1. The number of amides is 1. The molecule has 1 aliphatic rings. The van der Waals surface area contributed by atoms with Crippen molar-refractivity contribution in [3.8, 4) is 0 Å². The van der Waals surface area contributed by atoms with E-state index in [4.69, 9.17) is 9.26 Å². The third-order valence-corrected chi connectivity index (χ3v) is 3.55. The maximum atomic E-state index is 12.0. The van der Waals surface area contributed by atoms with Gasteiger partial charge in [0.25, 0.3) is 5.91 Å². The second-order valence-electron chi connectivity index (χ2n) is 5.19. The summed E-state index contributed by atoms with van der Waals surface area (Å²) in [7, 11) is 0. The average molecular weight is 290 g/mol. The van der Waals surface area contributed by atoms with Crippen LogP contribution in [0.5, 0.6) is 0 Å². The van der Waals surface area contributed by atoms with Crippen molar-refractivity contribution in [1.29, 1.82) is 0 Å². The lowest BCUT2D eigenvalue weighted by Crippen LogP contribution is -2.24. The monoisotopic (exact) mass is 290 g/mol. The van der Waals surface area contributed by atoms with Crippen LogP contribution in [0.1, 0.15) is 35.4 Å². The first-order chi connectivity index (χ1) is 10.2. The molecule has 0 bridgehead atoms. The molecular weight excluding hydrogens is 272 g/mol. The first-order valence-corrected chi connectivity index (χ1v) is 7.09. The van der Waals surface area contributed by atoms with Crippen molar-refractivity contribution >= 4 is 11.6 Å². The minimum Gasteiger partial charge on any atom is -0.376 e. The SMILES string of the molecule is Cc1oncc1C(=O)Nc1cnn(CC2CCCCO2)c1.